The van der Waals surface area contributed by atoms with Gasteiger partial charge >= 0.3 is 6.03 Å². The smallest absolute Gasteiger partial charge is 0.321 e. The van der Waals surface area contributed by atoms with E-state index in [1.807, 2.05) is 34.9 Å². The number of para-hydroxylation sites is 1. The molecule has 2 aromatic carbocycles. The molecular weight excluding hydrogens is 360 g/mol. The summed E-state index contributed by atoms with van der Waals surface area (Å²) in [7, 11) is 3.16. The van der Waals surface area contributed by atoms with Crippen LogP contribution in [0.5, 0.6) is 11.5 Å². The molecule has 0 radical (unpaired) electrons. The van der Waals surface area contributed by atoms with Crippen molar-refractivity contribution in [2.75, 3.05) is 38.4 Å². The molecule has 0 aromatic heterocycles. The van der Waals surface area contributed by atoms with E-state index in [2.05, 4.69) is 36.5 Å². The van der Waals surface area contributed by atoms with E-state index in [1.54, 1.807) is 14.2 Å². The largest absolute Gasteiger partial charge is 0.493 e. The average Bonchev–Trinajstić information content (AvgIpc) is 2.94. The zero-order chi connectivity index (χ0) is 19.2. The maximum absolute atomic E-state index is 12.8. The number of rotatable bonds is 4. The van der Waals surface area contributed by atoms with Gasteiger partial charge in [0.1, 0.15) is 0 Å². The zero-order valence-electron chi connectivity index (χ0n) is 16.0. The van der Waals surface area contributed by atoms with Gasteiger partial charge in [-0.3, -0.25) is 0 Å². The first-order valence-electron chi connectivity index (χ1n) is 9.08. The second kappa shape index (κ2) is 9.04. The maximum atomic E-state index is 12.8. The predicted octanol–water partition coefficient (Wildman–Crippen LogP) is 4.72. The van der Waals surface area contributed by atoms with E-state index in [0.29, 0.717) is 22.4 Å². The number of nitrogens with zero attached hydrogens (tertiary/aromatic N) is 1. The summed E-state index contributed by atoms with van der Waals surface area (Å²) in [6, 6.07) is 13.9. The van der Waals surface area contributed by atoms with Crippen LogP contribution in [0.1, 0.15) is 22.8 Å². The second-order valence-electron chi connectivity index (χ2n) is 6.46. The molecule has 2 aromatic rings. The number of methoxy groups -OCH3 is 2. The molecule has 1 saturated heterocycles. The Balaban J connectivity index is 1.68. The molecule has 3 rings (SSSR count). The van der Waals surface area contributed by atoms with Crippen molar-refractivity contribution in [3.63, 3.8) is 0 Å². The van der Waals surface area contributed by atoms with Crippen molar-refractivity contribution < 1.29 is 14.3 Å². The van der Waals surface area contributed by atoms with Gasteiger partial charge in [-0.2, -0.15) is 11.8 Å². The van der Waals surface area contributed by atoms with E-state index in [1.165, 1.54) is 11.1 Å². The Bertz CT molecular complexity index is 797. The number of carbonyl (C=O) groups excluding carboxylic acids is 1. The molecule has 2 amide bonds. The van der Waals surface area contributed by atoms with E-state index >= 15 is 0 Å². The molecule has 6 heteroatoms. The van der Waals surface area contributed by atoms with Gasteiger partial charge in [0.2, 0.25) is 0 Å². The third kappa shape index (κ3) is 4.50. The van der Waals surface area contributed by atoms with E-state index in [-0.39, 0.29) is 6.03 Å². The lowest BCUT2D eigenvalue weighted by Crippen LogP contribution is -2.36. The minimum Gasteiger partial charge on any atom is -0.493 e. The van der Waals surface area contributed by atoms with Gasteiger partial charge in [0, 0.05) is 24.1 Å². The molecule has 144 valence electrons. The standard InChI is InChI=1S/C21H26N2O3S/c1-15-7-4-5-8-16(15)19-11-12-23(13-14-27-19)21(24)22-17-9-6-10-18(25-2)20(17)26-3/h4-10,19H,11-14H2,1-3H3,(H,22,24). The molecule has 0 saturated carbocycles. The Morgan fingerprint density at radius 1 is 1.11 bits per heavy atom. The van der Waals surface area contributed by atoms with Crippen molar-refractivity contribution in [1.29, 1.82) is 0 Å². The number of anilines is 1. The fraction of sp³-hybridized carbons (Fsp3) is 0.381. The lowest BCUT2D eigenvalue weighted by Gasteiger charge is -2.22. The van der Waals surface area contributed by atoms with Crippen LogP contribution in [0.25, 0.3) is 0 Å². The van der Waals surface area contributed by atoms with E-state index in [9.17, 15) is 4.79 Å². The third-order valence-corrected chi connectivity index (χ3v) is 6.12. The maximum Gasteiger partial charge on any atom is 0.321 e. The van der Waals surface area contributed by atoms with Crippen LogP contribution in [0.3, 0.4) is 0 Å². The van der Waals surface area contributed by atoms with Crippen molar-refractivity contribution >= 4 is 23.5 Å². The van der Waals surface area contributed by atoms with Crippen molar-refractivity contribution in [1.82, 2.24) is 4.90 Å². The number of thioether (sulfide) groups is 1. The zero-order valence-corrected chi connectivity index (χ0v) is 16.8. The topological polar surface area (TPSA) is 50.8 Å². The fourth-order valence-corrected chi connectivity index (χ4v) is 4.68. The Morgan fingerprint density at radius 3 is 2.67 bits per heavy atom. The van der Waals surface area contributed by atoms with E-state index in [4.69, 9.17) is 9.47 Å². The van der Waals surface area contributed by atoms with Gasteiger partial charge in [0.15, 0.2) is 11.5 Å². The lowest BCUT2D eigenvalue weighted by atomic mass is 10.0. The molecule has 1 aliphatic rings. The van der Waals surface area contributed by atoms with Gasteiger partial charge in [0.05, 0.1) is 19.9 Å². The van der Waals surface area contributed by atoms with Crippen LogP contribution in [0, 0.1) is 6.92 Å². The van der Waals surface area contributed by atoms with E-state index < -0.39 is 0 Å². The van der Waals surface area contributed by atoms with Gasteiger partial charge in [-0.1, -0.05) is 30.3 Å². The molecule has 1 N–H and O–H groups in total. The molecule has 1 atom stereocenters. The first kappa shape index (κ1) is 19.4. The Kier molecular flexibility index (Phi) is 6.50. The van der Waals surface area contributed by atoms with Gasteiger partial charge < -0.3 is 19.7 Å². The summed E-state index contributed by atoms with van der Waals surface area (Å²) in [6.07, 6.45) is 0.943. The molecule has 1 aliphatic heterocycles. The minimum absolute atomic E-state index is 0.104. The number of aryl methyl sites for hydroxylation is 1. The van der Waals surface area contributed by atoms with Crippen molar-refractivity contribution in [2.45, 2.75) is 18.6 Å². The number of carbonyl (C=O) groups is 1. The van der Waals surface area contributed by atoms with Gasteiger partial charge in [-0.25, -0.2) is 4.79 Å². The van der Waals surface area contributed by atoms with Crippen LogP contribution in [0.2, 0.25) is 0 Å². The molecule has 5 nitrogen and oxygen atoms in total. The third-order valence-electron chi connectivity index (χ3n) is 4.81. The lowest BCUT2D eigenvalue weighted by molar-refractivity contribution is 0.215. The monoisotopic (exact) mass is 386 g/mol. The summed E-state index contributed by atoms with van der Waals surface area (Å²) in [5.74, 6) is 2.05. The van der Waals surface area contributed by atoms with Crippen LogP contribution >= 0.6 is 11.8 Å². The highest BCUT2D eigenvalue weighted by Crippen LogP contribution is 2.37. The highest BCUT2D eigenvalue weighted by molar-refractivity contribution is 7.99. The molecule has 1 heterocycles. The summed E-state index contributed by atoms with van der Waals surface area (Å²) >= 11 is 1.93. The number of hydrogen-bond donors (Lipinski definition) is 1. The second-order valence-corrected chi connectivity index (χ2v) is 7.77. The minimum atomic E-state index is -0.104. The number of nitrogens with one attached hydrogen (secondary N) is 1. The van der Waals surface area contributed by atoms with Gasteiger partial charge in [-0.15, -0.1) is 0 Å². The molecule has 1 unspecified atom stereocenters. The molecule has 27 heavy (non-hydrogen) atoms. The highest BCUT2D eigenvalue weighted by atomic mass is 32.2. The molecule has 1 fully saturated rings. The molecule has 0 aliphatic carbocycles. The number of urea groups is 1. The Labute approximate surface area is 165 Å². The molecular formula is C21H26N2O3S. The molecule has 0 spiro atoms. The molecule has 0 bridgehead atoms. The first-order valence-corrected chi connectivity index (χ1v) is 10.1. The summed E-state index contributed by atoms with van der Waals surface area (Å²) in [5.41, 5.74) is 3.31. The average molecular weight is 387 g/mol. The number of hydrogen-bond acceptors (Lipinski definition) is 4. The van der Waals surface area contributed by atoms with Crippen LogP contribution in [0.15, 0.2) is 42.5 Å². The summed E-state index contributed by atoms with van der Waals surface area (Å²) < 4.78 is 10.7. The van der Waals surface area contributed by atoms with Crippen LogP contribution in [-0.4, -0.2) is 44.0 Å². The van der Waals surface area contributed by atoms with Crippen LogP contribution in [-0.2, 0) is 0 Å². The van der Waals surface area contributed by atoms with Gasteiger partial charge in [0.25, 0.3) is 0 Å². The van der Waals surface area contributed by atoms with Crippen molar-refractivity contribution in [3.8, 4) is 11.5 Å². The highest BCUT2D eigenvalue weighted by Gasteiger charge is 2.23. The summed E-state index contributed by atoms with van der Waals surface area (Å²) in [6.45, 7) is 3.61. The first-order chi connectivity index (χ1) is 13.1. The summed E-state index contributed by atoms with van der Waals surface area (Å²) in [5, 5.41) is 3.40. The van der Waals surface area contributed by atoms with E-state index in [0.717, 1.165) is 25.3 Å². The summed E-state index contributed by atoms with van der Waals surface area (Å²) in [4.78, 5) is 14.7. The Morgan fingerprint density at radius 2 is 1.93 bits per heavy atom. The quantitative estimate of drug-likeness (QED) is 0.826. The van der Waals surface area contributed by atoms with Crippen molar-refractivity contribution in [2.24, 2.45) is 0 Å². The number of ether oxygens (including phenoxy) is 2. The van der Waals surface area contributed by atoms with Crippen LogP contribution < -0.4 is 14.8 Å². The van der Waals surface area contributed by atoms with Crippen molar-refractivity contribution in [3.05, 3.63) is 53.6 Å². The normalized spacial score (nSPS) is 17.1. The SMILES string of the molecule is COc1cccc(NC(=O)N2CCSC(c3ccccc3C)CC2)c1OC. The number of benzene rings is 2. The van der Waals surface area contributed by atoms with Gasteiger partial charge in [-0.05, 0) is 36.6 Å². The Hall–Kier alpha value is -2.34. The fourth-order valence-electron chi connectivity index (χ4n) is 3.35. The van der Waals surface area contributed by atoms with Crippen LogP contribution in [0.4, 0.5) is 10.5 Å². The number of amides is 2. The predicted molar refractivity (Wildman–Crippen MR) is 111 cm³/mol.